The number of rotatable bonds is 1. The lowest BCUT2D eigenvalue weighted by Crippen LogP contribution is -2.37. The number of imide groups is 1. The Morgan fingerprint density at radius 2 is 1.74 bits per heavy atom. The molecule has 2 N–H and O–H groups in total. The quantitative estimate of drug-likeness (QED) is 0.621. The van der Waals surface area contributed by atoms with Gasteiger partial charge in [0.15, 0.2) is 0 Å². The van der Waals surface area contributed by atoms with E-state index in [0.717, 1.165) is 32.1 Å². The lowest BCUT2D eigenvalue weighted by molar-refractivity contribution is -0.127. The summed E-state index contributed by atoms with van der Waals surface area (Å²) in [5.74, 6) is -0.153. The highest BCUT2D eigenvalue weighted by molar-refractivity contribution is 6.23. The summed E-state index contributed by atoms with van der Waals surface area (Å²) >= 11 is 0. The monoisotopic (exact) mass is 258 g/mol. The zero-order valence-corrected chi connectivity index (χ0v) is 10.9. The van der Waals surface area contributed by atoms with E-state index in [1.807, 2.05) is 0 Å². The van der Waals surface area contributed by atoms with Crippen molar-refractivity contribution in [3.05, 3.63) is 24.3 Å². The Labute approximate surface area is 112 Å². The summed E-state index contributed by atoms with van der Waals surface area (Å²) in [5, 5.41) is 0. The van der Waals surface area contributed by atoms with Crippen LogP contribution in [0.1, 0.15) is 38.5 Å². The van der Waals surface area contributed by atoms with Gasteiger partial charge in [0.2, 0.25) is 11.8 Å². The molecule has 0 radical (unpaired) electrons. The van der Waals surface area contributed by atoms with Gasteiger partial charge in [0.1, 0.15) is 0 Å². The van der Waals surface area contributed by atoms with Crippen LogP contribution in [0.3, 0.4) is 0 Å². The van der Waals surface area contributed by atoms with E-state index in [0.29, 0.717) is 17.8 Å². The number of carbonyl (C=O) groups is 2. The topological polar surface area (TPSA) is 63.4 Å². The molecule has 0 aromatic heterocycles. The van der Waals surface area contributed by atoms with E-state index in [1.165, 1.54) is 4.90 Å². The maximum Gasteiger partial charge on any atom is 0.240 e. The second kappa shape index (κ2) is 4.37. The van der Waals surface area contributed by atoms with Crippen LogP contribution in [0.2, 0.25) is 0 Å². The minimum absolute atomic E-state index is 0.0462. The van der Waals surface area contributed by atoms with Crippen LogP contribution in [0.4, 0.5) is 11.4 Å². The van der Waals surface area contributed by atoms with Gasteiger partial charge in [-0.15, -0.1) is 0 Å². The number of carbonyl (C=O) groups excluding carboxylic acids is 2. The smallest absolute Gasteiger partial charge is 0.240 e. The van der Waals surface area contributed by atoms with E-state index in [-0.39, 0.29) is 11.8 Å². The van der Waals surface area contributed by atoms with Crippen LogP contribution in [0.25, 0.3) is 0 Å². The molecule has 1 aliphatic carbocycles. The maximum absolute atomic E-state index is 12.7. The molecule has 4 nitrogen and oxygen atoms in total. The van der Waals surface area contributed by atoms with Crippen molar-refractivity contribution in [1.82, 2.24) is 0 Å². The second-order valence-electron chi connectivity index (χ2n) is 5.61. The molecule has 1 saturated carbocycles. The summed E-state index contributed by atoms with van der Waals surface area (Å²) in [6.45, 7) is 0. The molecule has 0 unspecified atom stereocenters. The van der Waals surface area contributed by atoms with E-state index >= 15 is 0 Å². The Bertz CT molecular complexity index is 533. The zero-order valence-electron chi connectivity index (χ0n) is 10.9. The number of nitrogen functional groups attached to an aromatic ring is 1. The molecule has 2 amide bonds. The number of para-hydroxylation sites is 2. The van der Waals surface area contributed by atoms with Gasteiger partial charge in [0.25, 0.3) is 0 Å². The van der Waals surface area contributed by atoms with Crippen LogP contribution in [0, 0.1) is 5.41 Å². The fraction of sp³-hybridized carbons (Fsp3) is 0.467. The van der Waals surface area contributed by atoms with Crippen molar-refractivity contribution < 1.29 is 9.59 Å². The van der Waals surface area contributed by atoms with Gasteiger partial charge in [-0.05, 0) is 25.0 Å². The number of nitrogens with zero attached hydrogens (tertiary/aromatic N) is 1. The van der Waals surface area contributed by atoms with Gasteiger partial charge >= 0.3 is 0 Å². The molecule has 1 aromatic carbocycles. The van der Waals surface area contributed by atoms with Crippen LogP contribution >= 0.6 is 0 Å². The highest BCUT2D eigenvalue weighted by atomic mass is 16.2. The molecule has 4 heteroatoms. The molecule has 1 heterocycles. The third kappa shape index (κ3) is 1.82. The molecule has 100 valence electrons. The molecule has 1 spiro atoms. The summed E-state index contributed by atoms with van der Waals surface area (Å²) in [5.41, 5.74) is 6.47. The van der Waals surface area contributed by atoms with Crippen molar-refractivity contribution in [3.8, 4) is 0 Å². The average Bonchev–Trinajstić information content (AvgIpc) is 2.63. The van der Waals surface area contributed by atoms with Crippen LogP contribution in [-0.4, -0.2) is 11.8 Å². The van der Waals surface area contributed by atoms with Crippen molar-refractivity contribution in [2.24, 2.45) is 5.41 Å². The van der Waals surface area contributed by atoms with Gasteiger partial charge < -0.3 is 5.73 Å². The van der Waals surface area contributed by atoms with Gasteiger partial charge in [-0.25, -0.2) is 4.90 Å². The van der Waals surface area contributed by atoms with Gasteiger partial charge in [0, 0.05) is 6.42 Å². The first-order valence-electron chi connectivity index (χ1n) is 6.86. The lowest BCUT2D eigenvalue weighted by Gasteiger charge is -2.30. The van der Waals surface area contributed by atoms with Gasteiger partial charge in [0.05, 0.1) is 16.8 Å². The SMILES string of the molecule is Nc1ccccc1N1C(=O)CC2(CCCCC2)C1=O. The minimum Gasteiger partial charge on any atom is -0.397 e. The highest BCUT2D eigenvalue weighted by Crippen LogP contribution is 2.47. The summed E-state index contributed by atoms with van der Waals surface area (Å²) in [7, 11) is 0. The molecule has 0 bridgehead atoms. The Morgan fingerprint density at radius 1 is 1.05 bits per heavy atom. The fourth-order valence-electron chi connectivity index (χ4n) is 3.35. The first-order chi connectivity index (χ1) is 9.14. The summed E-state index contributed by atoms with van der Waals surface area (Å²) in [4.78, 5) is 26.3. The number of benzene rings is 1. The summed E-state index contributed by atoms with van der Waals surface area (Å²) in [6, 6.07) is 7.08. The molecule has 3 rings (SSSR count). The Hall–Kier alpha value is -1.84. The van der Waals surface area contributed by atoms with Gasteiger partial charge in [-0.3, -0.25) is 9.59 Å². The maximum atomic E-state index is 12.7. The molecule has 1 aliphatic heterocycles. The number of anilines is 2. The molecular weight excluding hydrogens is 240 g/mol. The summed E-state index contributed by atoms with van der Waals surface area (Å²) < 4.78 is 0. The third-order valence-electron chi connectivity index (χ3n) is 4.38. The molecule has 1 saturated heterocycles. The predicted molar refractivity (Wildman–Crippen MR) is 73.5 cm³/mol. The number of hydrogen-bond donors (Lipinski definition) is 1. The summed E-state index contributed by atoms with van der Waals surface area (Å²) in [6.07, 6.45) is 5.26. The first-order valence-corrected chi connectivity index (χ1v) is 6.86. The van der Waals surface area contributed by atoms with E-state index in [9.17, 15) is 9.59 Å². The van der Waals surface area contributed by atoms with Crippen molar-refractivity contribution in [1.29, 1.82) is 0 Å². The Kier molecular flexibility index (Phi) is 2.81. The number of amides is 2. The fourth-order valence-corrected chi connectivity index (χ4v) is 3.35. The van der Waals surface area contributed by atoms with Crippen LogP contribution in [-0.2, 0) is 9.59 Å². The van der Waals surface area contributed by atoms with Crippen LogP contribution in [0.5, 0.6) is 0 Å². The van der Waals surface area contributed by atoms with Crippen molar-refractivity contribution in [2.45, 2.75) is 38.5 Å². The molecule has 0 atom stereocenters. The Morgan fingerprint density at radius 3 is 2.42 bits per heavy atom. The normalized spacial score (nSPS) is 22.2. The zero-order chi connectivity index (χ0) is 13.5. The Balaban J connectivity index is 1.98. The number of nitrogens with two attached hydrogens (primary N) is 1. The predicted octanol–water partition coefficient (Wildman–Crippen LogP) is 2.48. The molecule has 2 fully saturated rings. The van der Waals surface area contributed by atoms with Crippen LogP contribution in [0.15, 0.2) is 24.3 Å². The van der Waals surface area contributed by atoms with Crippen LogP contribution < -0.4 is 10.6 Å². The van der Waals surface area contributed by atoms with Crippen molar-refractivity contribution in [2.75, 3.05) is 10.6 Å². The third-order valence-corrected chi connectivity index (χ3v) is 4.38. The lowest BCUT2D eigenvalue weighted by atomic mass is 9.73. The molecular formula is C15H18N2O2. The van der Waals surface area contributed by atoms with E-state index in [1.54, 1.807) is 24.3 Å². The minimum atomic E-state index is -0.447. The van der Waals surface area contributed by atoms with Gasteiger partial charge in [-0.1, -0.05) is 31.4 Å². The van der Waals surface area contributed by atoms with E-state index in [4.69, 9.17) is 5.73 Å². The standard InChI is InChI=1S/C15H18N2O2/c16-11-6-2-3-7-12(11)17-13(18)10-15(14(17)19)8-4-1-5-9-15/h2-3,6-7H,1,4-5,8-10,16H2. The molecule has 1 aromatic rings. The van der Waals surface area contributed by atoms with E-state index in [2.05, 4.69) is 0 Å². The van der Waals surface area contributed by atoms with Gasteiger partial charge in [-0.2, -0.15) is 0 Å². The molecule has 19 heavy (non-hydrogen) atoms. The second-order valence-corrected chi connectivity index (χ2v) is 5.61. The molecule has 2 aliphatic rings. The van der Waals surface area contributed by atoms with E-state index < -0.39 is 5.41 Å². The largest absolute Gasteiger partial charge is 0.397 e. The van der Waals surface area contributed by atoms with Crippen molar-refractivity contribution >= 4 is 23.2 Å². The average molecular weight is 258 g/mol. The first kappa shape index (κ1) is 12.2. The highest BCUT2D eigenvalue weighted by Gasteiger charge is 2.52. The van der Waals surface area contributed by atoms with Crippen molar-refractivity contribution in [3.63, 3.8) is 0 Å². The number of hydrogen-bond acceptors (Lipinski definition) is 3.